The van der Waals surface area contributed by atoms with E-state index >= 15 is 0 Å². The second-order valence-electron chi connectivity index (χ2n) is 4.00. The van der Waals surface area contributed by atoms with Crippen LogP contribution < -0.4 is 5.73 Å². The number of aromatic hydroxyl groups is 1. The summed E-state index contributed by atoms with van der Waals surface area (Å²) in [5.41, 5.74) is 7.05. The third-order valence-corrected chi connectivity index (χ3v) is 3.35. The minimum atomic E-state index is 0.0708. The Kier molecular flexibility index (Phi) is 2.79. The second-order valence-corrected chi connectivity index (χ2v) is 4.85. The van der Waals surface area contributed by atoms with E-state index in [-0.39, 0.29) is 11.8 Å². The molecule has 76 valence electrons. The quantitative estimate of drug-likeness (QED) is 0.873. The molecule has 1 aromatic carbocycles. The normalized spacial score (nSPS) is 18.1. The first kappa shape index (κ1) is 9.99. The van der Waals surface area contributed by atoms with Crippen molar-refractivity contribution in [1.29, 1.82) is 0 Å². The van der Waals surface area contributed by atoms with Crippen LogP contribution in [0, 0.1) is 5.92 Å². The van der Waals surface area contributed by atoms with Crippen molar-refractivity contribution in [2.45, 2.75) is 25.3 Å². The molecule has 1 fully saturated rings. The number of halogens is 1. The Hall–Kier alpha value is -0.540. The number of rotatable bonds is 3. The van der Waals surface area contributed by atoms with Crippen LogP contribution in [0.3, 0.4) is 0 Å². The van der Waals surface area contributed by atoms with Crippen molar-refractivity contribution in [3.8, 4) is 5.75 Å². The Morgan fingerprint density at radius 3 is 2.79 bits per heavy atom. The molecule has 0 saturated heterocycles. The van der Waals surface area contributed by atoms with E-state index in [0.29, 0.717) is 0 Å². The van der Waals surface area contributed by atoms with Crippen molar-refractivity contribution in [3.05, 3.63) is 28.2 Å². The van der Waals surface area contributed by atoms with Crippen molar-refractivity contribution in [2.24, 2.45) is 11.7 Å². The van der Waals surface area contributed by atoms with E-state index in [0.717, 1.165) is 22.4 Å². The predicted octanol–water partition coefficient (Wildman–Crippen LogP) is 2.95. The maximum absolute atomic E-state index is 9.50. The Morgan fingerprint density at radius 2 is 2.21 bits per heavy atom. The van der Waals surface area contributed by atoms with Gasteiger partial charge in [0, 0.05) is 6.04 Å². The third-order valence-electron chi connectivity index (χ3n) is 2.68. The maximum Gasteiger partial charge on any atom is 0.130 e. The zero-order valence-corrected chi connectivity index (χ0v) is 9.50. The largest absolute Gasteiger partial charge is 0.507 e. The molecule has 0 aliphatic heterocycles. The van der Waals surface area contributed by atoms with Crippen LogP contribution in [-0.4, -0.2) is 5.11 Å². The fourth-order valence-corrected chi connectivity index (χ4v) is 1.86. The molecule has 0 spiro atoms. The van der Waals surface area contributed by atoms with Crippen LogP contribution >= 0.6 is 15.9 Å². The van der Waals surface area contributed by atoms with Crippen LogP contribution in [0.4, 0.5) is 0 Å². The van der Waals surface area contributed by atoms with Gasteiger partial charge in [-0.3, -0.25) is 0 Å². The molecule has 2 nitrogen and oxygen atoms in total. The molecule has 1 aromatic rings. The fourth-order valence-electron chi connectivity index (χ4n) is 1.61. The zero-order valence-electron chi connectivity index (χ0n) is 7.91. The van der Waals surface area contributed by atoms with Crippen LogP contribution in [0.25, 0.3) is 0 Å². The minimum Gasteiger partial charge on any atom is -0.507 e. The SMILES string of the molecule is N[C@H](CC1CC1)c1ccc(Br)c(O)c1. The summed E-state index contributed by atoms with van der Waals surface area (Å²) in [5.74, 6) is 1.09. The zero-order chi connectivity index (χ0) is 10.1. The average molecular weight is 256 g/mol. The van der Waals surface area contributed by atoms with Gasteiger partial charge in [-0.25, -0.2) is 0 Å². The maximum atomic E-state index is 9.50. The van der Waals surface area contributed by atoms with Crippen LogP contribution in [0.1, 0.15) is 30.9 Å². The van der Waals surface area contributed by atoms with Gasteiger partial charge >= 0.3 is 0 Å². The van der Waals surface area contributed by atoms with Crippen molar-refractivity contribution in [3.63, 3.8) is 0 Å². The van der Waals surface area contributed by atoms with Gasteiger partial charge in [-0.15, -0.1) is 0 Å². The number of benzene rings is 1. The molecular weight excluding hydrogens is 242 g/mol. The lowest BCUT2D eigenvalue weighted by Crippen LogP contribution is -2.10. The number of hydrogen-bond donors (Lipinski definition) is 2. The van der Waals surface area contributed by atoms with E-state index in [1.807, 2.05) is 12.1 Å². The number of phenols is 1. The Bertz CT molecular complexity index is 336. The molecule has 3 heteroatoms. The second kappa shape index (κ2) is 3.91. The van der Waals surface area contributed by atoms with Gasteiger partial charge in [0.25, 0.3) is 0 Å². The first-order valence-corrected chi connectivity index (χ1v) is 5.70. The van der Waals surface area contributed by atoms with E-state index in [1.165, 1.54) is 12.8 Å². The minimum absolute atomic E-state index is 0.0708. The van der Waals surface area contributed by atoms with Crippen LogP contribution in [0.15, 0.2) is 22.7 Å². The lowest BCUT2D eigenvalue weighted by atomic mass is 10.0. The van der Waals surface area contributed by atoms with Crippen LogP contribution in [0.5, 0.6) is 5.75 Å². The predicted molar refractivity (Wildman–Crippen MR) is 60.1 cm³/mol. The molecule has 1 aliphatic carbocycles. The summed E-state index contributed by atoms with van der Waals surface area (Å²) in [5, 5.41) is 9.50. The lowest BCUT2D eigenvalue weighted by Gasteiger charge is -2.11. The van der Waals surface area contributed by atoms with Crippen molar-refractivity contribution < 1.29 is 5.11 Å². The molecule has 0 radical (unpaired) electrons. The van der Waals surface area contributed by atoms with Gasteiger partial charge in [-0.1, -0.05) is 18.9 Å². The smallest absolute Gasteiger partial charge is 0.130 e. The first-order valence-electron chi connectivity index (χ1n) is 4.91. The Labute approximate surface area is 92.3 Å². The van der Waals surface area contributed by atoms with E-state index in [1.54, 1.807) is 6.07 Å². The van der Waals surface area contributed by atoms with Crippen molar-refractivity contribution in [1.82, 2.24) is 0 Å². The van der Waals surface area contributed by atoms with E-state index in [2.05, 4.69) is 15.9 Å². The highest BCUT2D eigenvalue weighted by Crippen LogP contribution is 2.37. The van der Waals surface area contributed by atoms with Crippen LogP contribution in [0.2, 0.25) is 0 Å². The fraction of sp³-hybridized carbons (Fsp3) is 0.455. The summed E-state index contributed by atoms with van der Waals surface area (Å²) in [6.07, 6.45) is 3.67. The Balaban J connectivity index is 2.10. The highest BCUT2D eigenvalue weighted by atomic mass is 79.9. The third kappa shape index (κ3) is 2.28. The standard InChI is InChI=1S/C11H14BrNO/c12-9-4-3-8(6-11(9)14)10(13)5-7-1-2-7/h3-4,6-7,10,14H,1-2,5,13H2/t10-/m1/s1. The molecule has 0 amide bonds. The molecule has 0 aromatic heterocycles. The van der Waals surface area contributed by atoms with Crippen LogP contribution in [-0.2, 0) is 0 Å². The molecule has 14 heavy (non-hydrogen) atoms. The average Bonchev–Trinajstić information content (AvgIpc) is 2.93. The topological polar surface area (TPSA) is 46.2 Å². The summed E-state index contributed by atoms with van der Waals surface area (Å²) < 4.78 is 0.722. The first-order chi connectivity index (χ1) is 6.66. The summed E-state index contributed by atoms with van der Waals surface area (Å²) in [6, 6.07) is 5.63. The van der Waals surface area contributed by atoms with Gasteiger partial charge in [0.2, 0.25) is 0 Å². The Morgan fingerprint density at radius 1 is 1.50 bits per heavy atom. The molecule has 1 aliphatic rings. The summed E-state index contributed by atoms with van der Waals surface area (Å²) in [6.45, 7) is 0. The number of nitrogens with two attached hydrogens (primary N) is 1. The molecular formula is C11H14BrNO. The van der Waals surface area contributed by atoms with Gasteiger partial charge in [0.05, 0.1) is 4.47 Å². The molecule has 1 atom stereocenters. The van der Waals surface area contributed by atoms with Gasteiger partial charge in [-0.05, 0) is 46.0 Å². The molecule has 0 heterocycles. The van der Waals surface area contributed by atoms with Crippen molar-refractivity contribution >= 4 is 15.9 Å². The van der Waals surface area contributed by atoms with Gasteiger partial charge in [0.15, 0.2) is 0 Å². The molecule has 0 bridgehead atoms. The van der Waals surface area contributed by atoms with Gasteiger partial charge < -0.3 is 10.8 Å². The molecule has 1 saturated carbocycles. The molecule has 0 unspecified atom stereocenters. The summed E-state index contributed by atoms with van der Waals surface area (Å²) in [7, 11) is 0. The van der Waals surface area contributed by atoms with E-state index in [4.69, 9.17) is 5.73 Å². The molecule has 2 rings (SSSR count). The molecule has 3 N–H and O–H groups in total. The van der Waals surface area contributed by atoms with Gasteiger partial charge in [-0.2, -0.15) is 0 Å². The highest BCUT2D eigenvalue weighted by Gasteiger charge is 2.24. The number of phenolic OH excluding ortho intramolecular Hbond substituents is 1. The van der Waals surface area contributed by atoms with E-state index in [9.17, 15) is 5.11 Å². The van der Waals surface area contributed by atoms with E-state index < -0.39 is 0 Å². The number of hydrogen-bond acceptors (Lipinski definition) is 2. The highest BCUT2D eigenvalue weighted by molar-refractivity contribution is 9.10. The summed E-state index contributed by atoms with van der Waals surface area (Å²) in [4.78, 5) is 0. The summed E-state index contributed by atoms with van der Waals surface area (Å²) >= 11 is 3.25. The lowest BCUT2D eigenvalue weighted by molar-refractivity contribution is 0.469. The van der Waals surface area contributed by atoms with Crippen molar-refractivity contribution in [2.75, 3.05) is 0 Å². The van der Waals surface area contributed by atoms with Gasteiger partial charge in [0.1, 0.15) is 5.75 Å². The monoisotopic (exact) mass is 255 g/mol.